The van der Waals surface area contributed by atoms with Crippen molar-refractivity contribution in [3.8, 4) is 5.75 Å². The Hall–Kier alpha value is -1.95. The van der Waals surface area contributed by atoms with Gasteiger partial charge < -0.3 is 10.1 Å². The molecule has 0 spiro atoms. The summed E-state index contributed by atoms with van der Waals surface area (Å²) in [6, 6.07) is 0. The molecule has 0 bridgehead atoms. The number of methoxy groups -OCH3 is 1. The van der Waals surface area contributed by atoms with Gasteiger partial charge in [-0.1, -0.05) is 0 Å². The molecular formula is C13H19N5O. The van der Waals surface area contributed by atoms with Gasteiger partial charge in [0.15, 0.2) is 5.82 Å². The summed E-state index contributed by atoms with van der Waals surface area (Å²) in [5.41, 5.74) is 3.04. The Bertz CT molecular complexity index is 564. The fraction of sp³-hybridized carbons (Fsp3) is 0.462. The van der Waals surface area contributed by atoms with E-state index in [9.17, 15) is 0 Å². The minimum Gasteiger partial charge on any atom is -0.496 e. The van der Waals surface area contributed by atoms with E-state index in [1.54, 1.807) is 18.1 Å². The lowest BCUT2D eigenvalue weighted by Gasteiger charge is -2.11. The molecule has 1 N–H and O–H groups in total. The summed E-state index contributed by atoms with van der Waals surface area (Å²) in [4.78, 5) is 8.67. The summed E-state index contributed by atoms with van der Waals surface area (Å²) in [5, 5.41) is 7.40. The molecule has 0 aromatic carbocycles. The summed E-state index contributed by atoms with van der Waals surface area (Å²) < 4.78 is 7.19. The van der Waals surface area contributed by atoms with Gasteiger partial charge in [0.25, 0.3) is 0 Å². The summed E-state index contributed by atoms with van der Waals surface area (Å²) >= 11 is 0. The molecule has 2 aromatic heterocycles. The van der Waals surface area contributed by atoms with Crippen LogP contribution in [-0.2, 0) is 13.1 Å². The van der Waals surface area contributed by atoms with Gasteiger partial charge >= 0.3 is 0 Å². The van der Waals surface area contributed by atoms with E-state index in [4.69, 9.17) is 4.74 Å². The first-order chi connectivity index (χ1) is 9.15. The van der Waals surface area contributed by atoms with E-state index in [1.807, 2.05) is 27.1 Å². The molecular weight excluding hydrogens is 242 g/mol. The van der Waals surface area contributed by atoms with Crippen LogP contribution in [0.2, 0.25) is 0 Å². The molecule has 6 nitrogen and oxygen atoms in total. The maximum atomic E-state index is 5.40. The van der Waals surface area contributed by atoms with Crippen LogP contribution >= 0.6 is 0 Å². The molecule has 0 saturated heterocycles. The molecule has 0 fully saturated rings. The first-order valence-electron chi connectivity index (χ1n) is 6.17. The number of nitrogens with zero attached hydrogens (tertiary/aromatic N) is 4. The third kappa shape index (κ3) is 2.90. The number of ether oxygens (including phenoxy) is 1. The van der Waals surface area contributed by atoms with Crippen LogP contribution in [0.25, 0.3) is 0 Å². The molecule has 0 unspecified atom stereocenters. The molecule has 0 atom stereocenters. The lowest BCUT2D eigenvalue weighted by Crippen LogP contribution is -2.09. The van der Waals surface area contributed by atoms with Crippen molar-refractivity contribution in [3.05, 3.63) is 35.2 Å². The largest absolute Gasteiger partial charge is 0.496 e. The molecule has 102 valence electrons. The Balaban J connectivity index is 2.23. The number of aryl methyl sites for hydroxylation is 1. The zero-order valence-electron chi connectivity index (χ0n) is 11.8. The highest BCUT2D eigenvalue weighted by Gasteiger charge is 2.10. The average Bonchev–Trinajstić information content (AvgIpc) is 2.82. The van der Waals surface area contributed by atoms with Gasteiger partial charge in [-0.15, -0.1) is 0 Å². The van der Waals surface area contributed by atoms with Gasteiger partial charge in [-0.3, -0.25) is 4.98 Å². The van der Waals surface area contributed by atoms with Crippen molar-refractivity contribution >= 4 is 0 Å². The molecule has 0 amide bonds. The van der Waals surface area contributed by atoms with Crippen LogP contribution in [0.3, 0.4) is 0 Å². The van der Waals surface area contributed by atoms with Gasteiger partial charge in [0.05, 0.1) is 25.9 Å². The van der Waals surface area contributed by atoms with Crippen molar-refractivity contribution in [2.45, 2.75) is 26.9 Å². The quantitative estimate of drug-likeness (QED) is 0.872. The molecule has 0 aliphatic carbocycles. The van der Waals surface area contributed by atoms with Crippen LogP contribution in [0, 0.1) is 13.8 Å². The molecule has 0 saturated carbocycles. The molecule has 0 radical (unpaired) electrons. The van der Waals surface area contributed by atoms with Crippen molar-refractivity contribution in [3.63, 3.8) is 0 Å². The van der Waals surface area contributed by atoms with Gasteiger partial charge in [0, 0.05) is 17.3 Å². The minimum absolute atomic E-state index is 0.596. The Morgan fingerprint density at radius 2 is 2.11 bits per heavy atom. The third-order valence-electron chi connectivity index (χ3n) is 2.98. The van der Waals surface area contributed by atoms with Gasteiger partial charge in [0.2, 0.25) is 0 Å². The monoisotopic (exact) mass is 261 g/mol. The molecule has 0 aliphatic rings. The topological polar surface area (TPSA) is 64.9 Å². The Labute approximate surface area is 112 Å². The lowest BCUT2D eigenvalue weighted by atomic mass is 10.1. The van der Waals surface area contributed by atoms with Crippen LogP contribution in [0.4, 0.5) is 0 Å². The van der Waals surface area contributed by atoms with Gasteiger partial charge in [-0.05, 0) is 20.9 Å². The van der Waals surface area contributed by atoms with Crippen molar-refractivity contribution in [1.82, 2.24) is 25.1 Å². The number of pyridine rings is 1. The van der Waals surface area contributed by atoms with E-state index >= 15 is 0 Å². The minimum atomic E-state index is 0.596. The zero-order valence-corrected chi connectivity index (χ0v) is 11.8. The van der Waals surface area contributed by atoms with Crippen LogP contribution in [0.15, 0.2) is 12.5 Å². The van der Waals surface area contributed by atoms with Crippen molar-refractivity contribution in [2.24, 2.45) is 0 Å². The van der Waals surface area contributed by atoms with E-state index in [2.05, 4.69) is 20.4 Å². The van der Waals surface area contributed by atoms with Crippen molar-refractivity contribution in [2.75, 3.05) is 14.2 Å². The number of hydrogen-bond acceptors (Lipinski definition) is 5. The molecule has 2 heterocycles. The maximum absolute atomic E-state index is 5.40. The predicted octanol–water partition coefficient (Wildman–Crippen LogP) is 1.07. The first-order valence-corrected chi connectivity index (χ1v) is 6.17. The van der Waals surface area contributed by atoms with Crippen LogP contribution in [0.5, 0.6) is 5.75 Å². The summed E-state index contributed by atoms with van der Waals surface area (Å²) in [5.74, 6) is 1.67. The third-order valence-corrected chi connectivity index (χ3v) is 2.98. The fourth-order valence-corrected chi connectivity index (χ4v) is 2.03. The number of nitrogens with one attached hydrogen (secondary N) is 1. The second-order valence-electron chi connectivity index (χ2n) is 4.43. The van der Waals surface area contributed by atoms with Gasteiger partial charge in [-0.2, -0.15) is 5.10 Å². The molecule has 19 heavy (non-hydrogen) atoms. The van der Waals surface area contributed by atoms with Crippen molar-refractivity contribution in [1.29, 1.82) is 0 Å². The summed E-state index contributed by atoms with van der Waals surface area (Å²) in [6.45, 7) is 5.26. The molecule has 2 aromatic rings. The summed E-state index contributed by atoms with van der Waals surface area (Å²) in [6.07, 6.45) is 3.55. The SMILES string of the molecule is CNCc1ncn(Cc2ncc(C)c(OC)c2C)n1. The lowest BCUT2D eigenvalue weighted by molar-refractivity contribution is 0.406. The number of aromatic nitrogens is 4. The van der Waals surface area contributed by atoms with Crippen LogP contribution < -0.4 is 10.1 Å². The smallest absolute Gasteiger partial charge is 0.164 e. The van der Waals surface area contributed by atoms with Gasteiger partial charge in [-0.25, -0.2) is 9.67 Å². The standard InChI is InChI=1S/C13H19N5O/c1-9-5-15-11(10(2)13(9)19-4)7-18-8-16-12(17-18)6-14-3/h5,8,14H,6-7H2,1-4H3. The molecule has 2 rings (SSSR count). The average molecular weight is 261 g/mol. The number of hydrogen-bond donors (Lipinski definition) is 1. The van der Waals surface area contributed by atoms with E-state index in [0.717, 1.165) is 28.4 Å². The van der Waals surface area contributed by atoms with Crippen molar-refractivity contribution < 1.29 is 4.74 Å². The second-order valence-corrected chi connectivity index (χ2v) is 4.43. The van der Waals surface area contributed by atoms with Crippen LogP contribution in [0.1, 0.15) is 22.6 Å². The predicted molar refractivity (Wildman–Crippen MR) is 72.2 cm³/mol. The second kappa shape index (κ2) is 5.79. The van der Waals surface area contributed by atoms with Crippen LogP contribution in [-0.4, -0.2) is 33.9 Å². The zero-order chi connectivity index (χ0) is 13.8. The Morgan fingerprint density at radius 3 is 2.79 bits per heavy atom. The van der Waals surface area contributed by atoms with E-state index < -0.39 is 0 Å². The highest BCUT2D eigenvalue weighted by atomic mass is 16.5. The maximum Gasteiger partial charge on any atom is 0.164 e. The summed E-state index contributed by atoms with van der Waals surface area (Å²) in [7, 11) is 3.55. The van der Waals surface area contributed by atoms with E-state index in [0.29, 0.717) is 13.1 Å². The highest BCUT2D eigenvalue weighted by molar-refractivity contribution is 5.41. The van der Waals surface area contributed by atoms with E-state index in [-0.39, 0.29) is 0 Å². The number of rotatable bonds is 5. The normalized spacial score (nSPS) is 10.7. The first kappa shape index (κ1) is 13.5. The Kier molecular flexibility index (Phi) is 4.11. The molecule has 6 heteroatoms. The van der Waals surface area contributed by atoms with Gasteiger partial charge in [0.1, 0.15) is 12.1 Å². The highest BCUT2D eigenvalue weighted by Crippen LogP contribution is 2.24. The fourth-order valence-electron chi connectivity index (χ4n) is 2.03. The molecule has 0 aliphatic heterocycles. The Morgan fingerprint density at radius 1 is 1.32 bits per heavy atom. The van der Waals surface area contributed by atoms with E-state index in [1.165, 1.54) is 0 Å².